The van der Waals surface area contributed by atoms with E-state index in [2.05, 4.69) is 21.2 Å². The topological polar surface area (TPSA) is 58.6 Å². The van der Waals surface area contributed by atoms with Crippen LogP contribution in [-0.2, 0) is 4.79 Å². The van der Waals surface area contributed by atoms with Gasteiger partial charge in [-0.3, -0.25) is 9.59 Å². The molecule has 0 aromatic heterocycles. The van der Waals surface area contributed by atoms with E-state index in [1.165, 1.54) is 0 Å². The van der Waals surface area contributed by atoms with Crippen molar-refractivity contribution in [2.75, 3.05) is 19.7 Å². The number of hydrogen-bond donors (Lipinski definition) is 1. The van der Waals surface area contributed by atoms with E-state index in [0.29, 0.717) is 24.4 Å². The molecule has 1 heterocycles. The van der Waals surface area contributed by atoms with Gasteiger partial charge in [0.1, 0.15) is 5.75 Å². The molecule has 6 heteroatoms. The maximum atomic E-state index is 12.3. The van der Waals surface area contributed by atoms with Crippen LogP contribution >= 0.6 is 15.9 Å². The second-order valence-electron chi connectivity index (χ2n) is 6.24. The maximum Gasteiger partial charge on any atom is 0.260 e. The molecular weight excluding hydrogens is 396 g/mol. The Balaban J connectivity index is 1.43. The molecule has 0 aliphatic carbocycles. The van der Waals surface area contributed by atoms with Crippen molar-refractivity contribution in [1.29, 1.82) is 0 Å². The zero-order valence-electron chi connectivity index (χ0n) is 14.4. The monoisotopic (exact) mass is 416 g/mol. The number of nitrogens with zero attached hydrogens (tertiary/aromatic N) is 1. The predicted octanol–water partition coefficient (Wildman–Crippen LogP) is 3.25. The molecule has 3 rings (SSSR count). The lowest BCUT2D eigenvalue weighted by Crippen LogP contribution is -2.47. The van der Waals surface area contributed by atoms with Gasteiger partial charge in [-0.05, 0) is 43.2 Å². The highest BCUT2D eigenvalue weighted by molar-refractivity contribution is 9.10. The van der Waals surface area contributed by atoms with Crippen molar-refractivity contribution in [3.63, 3.8) is 0 Å². The van der Waals surface area contributed by atoms with Gasteiger partial charge < -0.3 is 15.0 Å². The van der Waals surface area contributed by atoms with Gasteiger partial charge in [-0.25, -0.2) is 0 Å². The molecule has 0 atom stereocenters. The molecule has 1 aliphatic rings. The minimum atomic E-state index is -0.0617. The van der Waals surface area contributed by atoms with Gasteiger partial charge in [-0.15, -0.1) is 0 Å². The van der Waals surface area contributed by atoms with Crippen LogP contribution in [-0.4, -0.2) is 42.5 Å². The molecule has 1 fully saturated rings. The minimum absolute atomic E-state index is 0.0253. The molecule has 0 radical (unpaired) electrons. The Morgan fingerprint density at radius 2 is 1.81 bits per heavy atom. The second kappa shape index (κ2) is 8.85. The van der Waals surface area contributed by atoms with Gasteiger partial charge in [0, 0.05) is 29.2 Å². The lowest BCUT2D eigenvalue weighted by Gasteiger charge is -2.32. The number of amides is 2. The summed E-state index contributed by atoms with van der Waals surface area (Å²) in [5, 5.41) is 3.05. The standard InChI is InChI=1S/C20H21BrN2O3/c21-16-7-4-8-18(13-16)26-14-19(24)23-11-9-17(10-12-23)22-20(25)15-5-2-1-3-6-15/h1-8,13,17H,9-12,14H2,(H,22,25). The average molecular weight is 417 g/mol. The lowest BCUT2D eigenvalue weighted by atomic mass is 10.0. The van der Waals surface area contributed by atoms with E-state index in [1.807, 2.05) is 42.5 Å². The van der Waals surface area contributed by atoms with E-state index in [-0.39, 0.29) is 24.5 Å². The van der Waals surface area contributed by atoms with Gasteiger partial charge in [-0.2, -0.15) is 0 Å². The number of likely N-dealkylation sites (tertiary alicyclic amines) is 1. The number of benzene rings is 2. The van der Waals surface area contributed by atoms with E-state index in [9.17, 15) is 9.59 Å². The van der Waals surface area contributed by atoms with Gasteiger partial charge in [0.05, 0.1) is 0 Å². The summed E-state index contributed by atoms with van der Waals surface area (Å²) < 4.78 is 6.47. The number of hydrogen-bond acceptors (Lipinski definition) is 3. The fourth-order valence-corrected chi connectivity index (χ4v) is 3.30. The molecule has 0 spiro atoms. The summed E-state index contributed by atoms with van der Waals surface area (Å²) in [4.78, 5) is 26.3. The van der Waals surface area contributed by atoms with Gasteiger partial charge in [-0.1, -0.05) is 40.2 Å². The molecule has 0 bridgehead atoms. The van der Waals surface area contributed by atoms with Crippen LogP contribution in [0.15, 0.2) is 59.1 Å². The van der Waals surface area contributed by atoms with Crippen molar-refractivity contribution in [3.8, 4) is 5.75 Å². The van der Waals surface area contributed by atoms with E-state index >= 15 is 0 Å². The highest BCUT2D eigenvalue weighted by Gasteiger charge is 2.24. The summed E-state index contributed by atoms with van der Waals surface area (Å²) in [5.74, 6) is 0.573. The predicted molar refractivity (Wildman–Crippen MR) is 103 cm³/mol. The lowest BCUT2D eigenvalue weighted by molar-refractivity contribution is -0.134. The summed E-state index contributed by atoms with van der Waals surface area (Å²) in [6.45, 7) is 1.28. The summed E-state index contributed by atoms with van der Waals surface area (Å²) >= 11 is 3.38. The summed E-state index contributed by atoms with van der Waals surface area (Å²) in [6, 6.07) is 16.7. The summed E-state index contributed by atoms with van der Waals surface area (Å²) in [6.07, 6.45) is 1.50. The molecule has 26 heavy (non-hydrogen) atoms. The normalized spacial score (nSPS) is 14.7. The summed E-state index contributed by atoms with van der Waals surface area (Å²) in [7, 11) is 0. The molecule has 2 aromatic rings. The van der Waals surface area contributed by atoms with Crippen LogP contribution in [0.25, 0.3) is 0 Å². The Bertz CT molecular complexity index is 759. The van der Waals surface area contributed by atoms with Gasteiger partial charge in [0.15, 0.2) is 6.61 Å². The number of ether oxygens (including phenoxy) is 1. The molecule has 2 amide bonds. The highest BCUT2D eigenvalue weighted by Crippen LogP contribution is 2.18. The third kappa shape index (κ3) is 5.08. The first kappa shape index (κ1) is 18.5. The number of carbonyl (C=O) groups excluding carboxylic acids is 2. The van der Waals surface area contributed by atoms with Crippen molar-refractivity contribution in [2.24, 2.45) is 0 Å². The van der Waals surface area contributed by atoms with E-state index in [0.717, 1.165) is 17.3 Å². The Morgan fingerprint density at radius 3 is 2.50 bits per heavy atom. The van der Waals surface area contributed by atoms with Crippen LogP contribution in [0.2, 0.25) is 0 Å². The fourth-order valence-electron chi connectivity index (χ4n) is 2.92. The molecule has 5 nitrogen and oxygen atoms in total. The number of rotatable bonds is 5. The van der Waals surface area contributed by atoms with Crippen molar-refractivity contribution in [3.05, 3.63) is 64.6 Å². The van der Waals surface area contributed by atoms with Crippen LogP contribution in [0.1, 0.15) is 23.2 Å². The van der Waals surface area contributed by atoms with Crippen LogP contribution in [0.5, 0.6) is 5.75 Å². The zero-order valence-corrected chi connectivity index (χ0v) is 15.9. The first-order chi connectivity index (χ1) is 12.6. The van der Waals surface area contributed by atoms with Crippen molar-refractivity contribution in [2.45, 2.75) is 18.9 Å². The smallest absolute Gasteiger partial charge is 0.260 e. The second-order valence-corrected chi connectivity index (χ2v) is 7.16. The number of nitrogens with one attached hydrogen (secondary N) is 1. The Morgan fingerprint density at radius 1 is 1.08 bits per heavy atom. The first-order valence-corrected chi connectivity index (χ1v) is 9.43. The molecule has 136 valence electrons. The SMILES string of the molecule is O=C(NC1CCN(C(=O)COc2cccc(Br)c2)CC1)c1ccccc1. The maximum absolute atomic E-state index is 12.3. The Hall–Kier alpha value is -2.34. The van der Waals surface area contributed by atoms with Crippen molar-refractivity contribution >= 4 is 27.7 Å². The van der Waals surface area contributed by atoms with Crippen molar-refractivity contribution in [1.82, 2.24) is 10.2 Å². The minimum Gasteiger partial charge on any atom is -0.484 e. The first-order valence-electron chi connectivity index (χ1n) is 8.64. The van der Waals surface area contributed by atoms with E-state index in [1.54, 1.807) is 17.0 Å². The third-order valence-electron chi connectivity index (χ3n) is 4.38. The molecule has 1 aliphatic heterocycles. The largest absolute Gasteiger partial charge is 0.484 e. The number of piperidine rings is 1. The zero-order chi connectivity index (χ0) is 18.4. The molecule has 2 aromatic carbocycles. The summed E-state index contributed by atoms with van der Waals surface area (Å²) in [5.41, 5.74) is 0.661. The van der Waals surface area contributed by atoms with E-state index < -0.39 is 0 Å². The van der Waals surface area contributed by atoms with E-state index in [4.69, 9.17) is 4.74 Å². The van der Waals surface area contributed by atoms with Gasteiger partial charge >= 0.3 is 0 Å². The third-order valence-corrected chi connectivity index (χ3v) is 4.87. The number of carbonyl (C=O) groups is 2. The van der Waals surface area contributed by atoms with Gasteiger partial charge in [0.2, 0.25) is 0 Å². The molecular formula is C20H21BrN2O3. The molecule has 0 unspecified atom stereocenters. The van der Waals surface area contributed by atoms with Crippen molar-refractivity contribution < 1.29 is 14.3 Å². The quantitative estimate of drug-likeness (QED) is 0.813. The Labute approximate surface area is 161 Å². The Kier molecular flexibility index (Phi) is 6.28. The van der Waals surface area contributed by atoms with Crippen LogP contribution in [0.4, 0.5) is 0 Å². The average Bonchev–Trinajstić information content (AvgIpc) is 2.67. The van der Waals surface area contributed by atoms with Crippen LogP contribution in [0.3, 0.4) is 0 Å². The number of halogens is 1. The van der Waals surface area contributed by atoms with Gasteiger partial charge in [0.25, 0.3) is 11.8 Å². The van der Waals surface area contributed by atoms with Crippen LogP contribution in [0, 0.1) is 0 Å². The highest BCUT2D eigenvalue weighted by atomic mass is 79.9. The molecule has 1 saturated heterocycles. The fraction of sp³-hybridized carbons (Fsp3) is 0.300. The molecule has 1 N–H and O–H groups in total. The van der Waals surface area contributed by atoms with Crippen LogP contribution < -0.4 is 10.1 Å². The molecule has 0 saturated carbocycles.